The molecule has 180 valence electrons. The van der Waals surface area contributed by atoms with E-state index in [1.54, 1.807) is 28.0 Å². The van der Waals surface area contributed by atoms with E-state index in [9.17, 15) is 14.4 Å². The van der Waals surface area contributed by atoms with Gasteiger partial charge in [-0.15, -0.1) is 11.3 Å². The van der Waals surface area contributed by atoms with Gasteiger partial charge in [0.1, 0.15) is 31.1 Å². The minimum Gasteiger partial charge on any atom is -0.489 e. The number of carbonyl (C=O) groups excluding carboxylic acids is 3. The Hall–Kier alpha value is -3.14. The maximum atomic E-state index is 12.9. The van der Waals surface area contributed by atoms with E-state index >= 15 is 0 Å². The fourth-order valence-corrected chi connectivity index (χ4v) is 5.97. The van der Waals surface area contributed by atoms with Gasteiger partial charge in [-0.3, -0.25) is 14.5 Å². The van der Waals surface area contributed by atoms with E-state index in [4.69, 9.17) is 25.8 Å². The molecule has 0 spiro atoms. The number of halogens is 1. The maximum Gasteiger partial charge on any atom is 0.415 e. The molecule has 2 saturated heterocycles. The number of rotatable bonds is 5. The fourth-order valence-electron chi connectivity index (χ4n) is 4.78. The number of morpholine rings is 1. The molecule has 2 atom stereocenters. The van der Waals surface area contributed by atoms with Crippen LogP contribution in [0.5, 0.6) is 5.75 Å². The van der Waals surface area contributed by atoms with Crippen LogP contribution < -0.4 is 14.5 Å². The summed E-state index contributed by atoms with van der Waals surface area (Å²) >= 11 is 7.49. The number of benzene rings is 2. The molecule has 2 amide bonds. The summed E-state index contributed by atoms with van der Waals surface area (Å²) < 4.78 is 17.8. The van der Waals surface area contributed by atoms with Gasteiger partial charge in [0.25, 0.3) is 5.91 Å². The number of thiophene rings is 1. The molecular weight excluding hydrogens is 492 g/mol. The molecule has 3 aromatic rings. The number of hydrogen-bond donors (Lipinski definition) is 0. The third kappa shape index (κ3) is 4.03. The molecule has 0 unspecified atom stereocenters. The molecule has 3 aliphatic heterocycles. The second kappa shape index (κ2) is 8.82. The summed E-state index contributed by atoms with van der Waals surface area (Å²) in [5.74, 6) is 0.418. The SMILES string of the molecule is O=C(CC[C@@H]1OC(=O)N2c3ccc(N4CCOCC4=O)cc3OC[C@@H]12)c1cc2cc(Cl)ccc2s1. The van der Waals surface area contributed by atoms with Crippen LogP contribution >= 0.6 is 22.9 Å². The van der Waals surface area contributed by atoms with Gasteiger partial charge >= 0.3 is 6.09 Å². The van der Waals surface area contributed by atoms with Crippen LogP contribution in [0.25, 0.3) is 10.1 Å². The molecule has 3 aliphatic rings. The van der Waals surface area contributed by atoms with Gasteiger partial charge in [0, 0.05) is 34.4 Å². The number of amides is 2. The third-order valence-electron chi connectivity index (χ3n) is 6.53. The normalized spacial score (nSPS) is 21.5. The molecule has 4 heterocycles. The van der Waals surface area contributed by atoms with Gasteiger partial charge in [-0.2, -0.15) is 0 Å². The zero-order valence-electron chi connectivity index (χ0n) is 18.6. The predicted molar refractivity (Wildman–Crippen MR) is 132 cm³/mol. The Kier molecular flexibility index (Phi) is 5.63. The highest BCUT2D eigenvalue weighted by Gasteiger charge is 2.46. The summed E-state index contributed by atoms with van der Waals surface area (Å²) in [6, 6.07) is 12.4. The third-order valence-corrected chi connectivity index (χ3v) is 7.92. The van der Waals surface area contributed by atoms with Crippen molar-refractivity contribution in [1.82, 2.24) is 0 Å². The lowest BCUT2D eigenvalue weighted by molar-refractivity contribution is -0.125. The number of Topliss-reactive ketones (excluding diaryl/α,β-unsaturated/α-hetero) is 1. The molecule has 0 radical (unpaired) electrons. The first-order chi connectivity index (χ1) is 17.0. The molecule has 0 bridgehead atoms. The van der Waals surface area contributed by atoms with E-state index in [1.807, 2.05) is 24.3 Å². The molecule has 6 rings (SSSR count). The van der Waals surface area contributed by atoms with Crippen molar-refractivity contribution in [2.45, 2.75) is 25.0 Å². The highest BCUT2D eigenvalue weighted by Crippen LogP contribution is 2.42. The van der Waals surface area contributed by atoms with Crippen molar-refractivity contribution in [3.05, 3.63) is 52.4 Å². The topological polar surface area (TPSA) is 85.4 Å². The summed E-state index contributed by atoms with van der Waals surface area (Å²) in [6.07, 6.45) is -0.249. The lowest BCUT2D eigenvalue weighted by Gasteiger charge is -2.33. The van der Waals surface area contributed by atoms with Gasteiger partial charge in [-0.1, -0.05) is 11.6 Å². The number of anilines is 2. The lowest BCUT2D eigenvalue weighted by Crippen LogP contribution is -2.45. The van der Waals surface area contributed by atoms with Crippen LogP contribution in [0, 0.1) is 0 Å². The molecule has 1 aromatic heterocycles. The Morgan fingerprint density at radius 1 is 1.14 bits per heavy atom. The fraction of sp³-hybridized carbons (Fsp3) is 0.320. The van der Waals surface area contributed by atoms with Crippen LogP contribution in [-0.4, -0.2) is 56.3 Å². The van der Waals surface area contributed by atoms with E-state index in [0.717, 1.165) is 10.1 Å². The van der Waals surface area contributed by atoms with E-state index in [1.165, 1.54) is 11.3 Å². The summed E-state index contributed by atoms with van der Waals surface area (Å²) in [5, 5.41) is 1.58. The molecule has 10 heteroatoms. The van der Waals surface area contributed by atoms with Crippen LogP contribution in [0.4, 0.5) is 16.2 Å². The Labute approximate surface area is 209 Å². The number of ether oxygens (including phenoxy) is 3. The first-order valence-electron chi connectivity index (χ1n) is 11.3. The molecule has 0 saturated carbocycles. The predicted octanol–water partition coefficient (Wildman–Crippen LogP) is 4.67. The summed E-state index contributed by atoms with van der Waals surface area (Å²) in [5.41, 5.74) is 1.31. The van der Waals surface area contributed by atoms with Crippen molar-refractivity contribution in [2.75, 3.05) is 36.2 Å². The summed E-state index contributed by atoms with van der Waals surface area (Å²) in [4.78, 5) is 41.7. The second-order valence-corrected chi connectivity index (χ2v) is 10.2. The first kappa shape index (κ1) is 22.3. The zero-order chi connectivity index (χ0) is 24.1. The van der Waals surface area contributed by atoms with Crippen molar-refractivity contribution in [2.24, 2.45) is 0 Å². The van der Waals surface area contributed by atoms with E-state index in [-0.39, 0.29) is 37.4 Å². The number of carbonyl (C=O) groups is 3. The number of nitrogens with zero attached hydrogens (tertiary/aromatic N) is 2. The van der Waals surface area contributed by atoms with Crippen molar-refractivity contribution < 1.29 is 28.6 Å². The van der Waals surface area contributed by atoms with Crippen LogP contribution in [0.3, 0.4) is 0 Å². The van der Waals surface area contributed by atoms with Crippen molar-refractivity contribution in [3.63, 3.8) is 0 Å². The second-order valence-electron chi connectivity index (χ2n) is 8.68. The van der Waals surface area contributed by atoms with Gasteiger partial charge in [-0.25, -0.2) is 4.79 Å². The van der Waals surface area contributed by atoms with E-state index in [2.05, 4.69) is 0 Å². The van der Waals surface area contributed by atoms with Gasteiger partial charge in [-0.05, 0) is 48.2 Å². The molecular formula is C25H21ClN2O6S. The molecule has 0 aliphatic carbocycles. The summed E-state index contributed by atoms with van der Waals surface area (Å²) in [7, 11) is 0. The number of ketones is 1. The monoisotopic (exact) mass is 512 g/mol. The van der Waals surface area contributed by atoms with Gasteiger partial charge in [0.2, 0.25) is 0 Å². The minimum absolute atomic E-state index is 0.00812. The molecule has 8 nitrogen and oxygen atoms in total. The van der Waals surface area contributed by atoms with E-state index < -0.39 is 12.2 Å². The highest BCUT2D eigenvalue weighted by atomic mass is 35.5. The quantitative estimate of drug-likeness (QED) is 0.462. The van der Waals surface area contributed by atoms with Crippen molar-refractivity contribution in [3.8, 4) is 5.75 Å². The van der Waals surface area contributed by atoms with Crippen LogP contribution in [0.15, 0.2) is 42.5 Å². The van der Waals surface area contributed by atoms with Crippen LogP contribution in [-0.2, 0) is 14.3 Å². The van der Waals surface area contributed by atoms with E-state index in [0.29, 0.717) is 46.6 Å². The van der Waals surface area contributed by atoms with Crippen LogP contribution in [0.2, 0.25) is 5.02 Å². The average Bonchev–Trinajstić information content (AvgIpc) is 3.43. The number of cyclic esters (lactones) is 1. The molecule has 2 fully saturated rings. The standard InChI is InChI=1S/C25H21ClN2O6S/c26-15-1-6-22-14(9-15)10-23(35-22)19(29)4-5-20-18-12-33-21-11-16(27-7-8-32-13-24(27)30)2-3-17(21)28(18)25(31)34-20/h1-3,6,9-11,18,20H,4-5,7-8,12-13H2/t18-,20-/m0/s1. The van der Waals surface area contributed by atoms with Crippen LogP contribution in [0.1, 0.15) is 22.5 Å². The van der Waals surface area contributed by atoms with Gasteiger partial charge in [0.15, 0.2) is 5.78 Å². The Bertz CT molecular complexity index is 1360. The zero-order valence-corrected chi connectivity index (χ0v) is 20.1. The minimum atomic E-state index is -0.455. The van der Waals surface area contributed by atoms with Gasteiger partial charge in [0.05, 0.1) is 17.2 Å². The lowest BCUT2D eigenvalue weighted by atomic mass is 10.0. The molecule has 35 heavy (non-hydrogen) atoms. The average molecular weight is 513 g/mol. The summed E-state index contributed by atoms with van der Waals surface area (Å²) in [6.45, 7) is 1.24. The maximum absolute atomic E-state index is 12.9. The molecule has 0 N–H and O–H groups in total. The number of hydrogen-bond acceptors (Lipinski definition) is 7. The van der Waals surface area contributed by atoms with Gasteiger partial charge < -0.3 is 19.1 Å². The van der Waals surface area contributed by atoms with Crippen molar-refractivity contribution >= 4 is 62.2 Å². The largest absolute Gasteiger partial charge is 0.489 e. The highest BCUT2D eigenvalue weighted by molar-refractivity contribution is 7.20. The Morgan fingerprint density at radius 3 is 2.89 bits per heavy atom. The Morgan fingerprint density at radius 2 is 2.03 bits per heavy atom. The first-order valence-corrected chi connectivity index (χ1v) is 12.5. The number of fused-ring (bicyclic) bond motifs is 4. The smallest absolute Gasteiger partial charge is 0.415 e. The molecule has 2 aromatic carbocycles. The van der Waals surface area contributed by atoms with Crippen molar-refractivity contribution in [1.29, 1.82) is 0 Å². The Balaban J connectivity index is 1.16.